The third-order valence-electron chi connectivity index (χ3n) is 7.34. The van der Waals surface area contributed by atoms with Gasteiger partial charge in [0.05, 0.1) is 30.8 Å². The number of nitrogens with zero attached hydrogens (tertiary/aromatic N) is 1. The lowest BCUT2D eigenvalue weighted by molar-refractivity contribution is -0.384. The van der Waals surface area contributed by atoms with Gasteiger partial charge in [-0.25, -0.2) is 0 Å². The molecule has 0 bridgehead atoms. The number of nitro benzene ring substituents is 1. The van der Waals surface area contributed by atoms with Gasteiger partial charge in [0.2, 0.25) is 5.78 Å². The number of Topliss-reactive ketones (excluding diaryl/α,β-unsaturated/α-hetero) is 1. The van der Waals surface area contributed by atoms with E-state index in [1.807, 2.05) is 91.0 Å². The molecule has 1 aliphatic rings. The first kappa shape index (κ1) is 30.2. The van der Waals surface area contributed by atoms with E-state index in [0.717, 1.165) is 16.7 Å². The summed E-state index contributed by atoms with van der Waals surface area (Å²) in [4.78, 5) is 24.6. The Labute approximate surface area is 249 Å². The summed E-state index contributed by atoms with van der Waals surface area (Å²) in [5.41, 5.74) is 2.47. The van der Waals surface area contributed by atoms with Crippen molar-refractivity contribution in [1.29, 1.82) is 0 Å². The standard InChI is InChI=1S/C34H33NO8/c1-24-30(40-21-25-11-5-2-6-12-25)31(41-22-26-13-7-3-8-14-26)33(42-23-27-15-9-4-10-16-27)34(37,43-24)32(36)28-17-19-29(20-18-28)35(38)39/h2-20,24,30-31,33,37H,21-23H2,1H3/t24-,30+,31+,33-,34-/m0/s1. The summed E-state index contributed by atoms with van der Waals surface area (Å²) in [5.74, 6) is -3.29. The number of carbonyl (C=O) groups excluding carboxylic acids is 1. The molecule has 0 unspecified atom stereocenters. The molecule has 5 rings (SSSR count). The first-order valence-corrected chi connectivity index (χ1v) is 14.0. The van der Waals surface area contributed by atoms with Crippen molar-refractivity contribution in [3.63, 3.8) is 0 Å². The molecule has 0 aliphatic carbocycles. The fraction of sp³-hybridized carbons (Fsp3) is 0.265. The van der Waals surface area contributed by atoms with Crippen LogP contribution in [-0.4, -0.2) is 46.0 Å². The zero-order valence-electron chi connectivity index (χ0n) is 23.7. The third kappa shape index (κ3) is 7.22. The van der Waals surface area contributed by atoms with Gasteiger partial charge in [-0.2, -0.15) is 0 Å². The van der Waals surface area contributed by atoms with Crippen molar-refractivity contribution in [2.45, 2.75) is 56.9 Å². The third-order valence-corrected chi connectivity index (χ3v) is 7.34. The minimum absolute atomic E-state index is 0.0269. The van der Waals surface area contributed by atoms with Gasteiger partial charge in [-0.05, 0) is 35.7 Å². The van der Waals surface area contributed by atoms with Crippen LogP contribution in [0.15, 0.2) is 115 Å². The Balaban J connectivity index is 1.50. The SMILES string of the molecule is C[C@@H]1O[C@@](O)(C(=O)c2ccc([N+](=O)[O-])cc2)[C@@H](OCc2ccccc2)[C@H](OCc2ccccc2)[C@@H]1OCc1ccccc1. The number of non-ortho nitro benzene ring substituents is 1. The van der Waals surface area contributed by atoms with E-state index in [-0.39, 0.29) is 31.1 Å². The number of carbonyl (C=O) groups is 1. The molecule has 9 heteroatoms. The van der Waals surface area contributed by atoms with E-state index in [1.165, 1.54) is 24.3 Å². The topological polar surface area (TPSA) is 117 Å². The summed E-state index contributed by atoms with van der Waals surface area (Å²) in [6, 6.07) is 33.5. The van der Waals surface area contributed by atoms with Gasteiger partial charge in [-0.1, -0.05) is 91.0 Å². The highest BCUT2D eigenvalue weighted by atomic mass is 16.7. The molecule has 0 aromatic heterocycles. The zero-order valence-corrected chi connectivity index (χ0v) is 23.7. The van der Waals surface area contributed by atoms with Crippen molar-refractivity contribution in [1.82, 2.24) is 0 Å². The van der Waals surface area contributed by atoms with Crippen LogP contribution in [-0.2, 0) is 38.8 Å². The highest BCUT2D eigenvalue weighted by molar-refractivity contribution is 6.02. The van der Waals surface area contributed by atoms with E-state index < -0.39 is 40.9 Å². The number of nitro groups is 1. The largest absolute Gasteiger partial charge is 0.368 e. The minimum atomic E-state index is -2.49. The Bertz CT molecular complexity index is 1480. The van der Waals surface area contributed by atoms with Crippen LogP contribution < -0.4 is 0 Å². The van der Waals surface area contributed by atoms with Crippen LogP contribution in [0.3, 0.4) is 0 Å². The molecule has 0 saturated carbocycles. The maximum atomic E-state index is 14.0. The monoisotopic (exact) mass is 583 g/mol. The Morgan fingerprint density at radius 1 is 0.744 bits per heavy atom. The Kier molecular flexibility index (Phi) is 9.71. The number of ether oxygens (including phenoxy) is 4. The summed E-state index contributed by atoms with van der Waals surface area (Å²) in [7, 11) is 0. The predicted molar refractivity (Wildman–Crippen MR) is 158 cm³/mol. The van der Waals surface area contributed by atoms with Crippen LogP contribution in [0, 0.1) is 10.1 Å². The van der Waals surface area contributed by atoms with Gasteiger partial charge in [0, 0.05) is 17.7 Å². The average Bonchev–Trinajstić information content (AvgIpc) is 3.04. The number of ketones is 1. The lowest BCUT2D eigenvalue weighted by atomic mass is 9.87. The van der Waals surface area contributed by atoms with Crippen LogP contribution in [0.4, 0.5) is 5.69 Å². The van der Waals surface area contributed by atoms with Crippen LogP contribution >= 0.6 is 0 Å². The number of rotatable bonds is 12. The van der Waals surface area contributed by atoms with Gasteiger partial charge >= 0.3 is 0 Å². The average molecular weight is 584 g/mol. The maximum Gasteiger partial charge on any atom is 0.269 e. The van der Waals surface area contributed by atoms with Crippen molar-refractivity contribution in [3.8, 4) is 0 Å². The molecule has 1 saturated heterocycles. The van der Waals surface area contributed by atoms with Gasteiger partial charge in [0.15, 0.2) is 0 Å². The van der Waals surface area contributed by atoms with Crippen molar-refractivity contribution in [3.05, 3.63) is 148 Å². The van der Waals surface area contributed by atoms with Crippen LogP contribution in [0.25, 0.3) is 0 Å². The highest BCUT2D eigenvalue weighted by Gasteiger charge is 2.59. The summed E-state index contributed by atoms with van der Waals surface area (Å²) in [5, 5.41) is 23.3. The second kappa shape index (κ2) is 13.8. The molecular weight excluding hydrogens is 550 g/mol. The summed E-state index contributed by atoms with van der Waals surface area (Å²) in [6.45, 7) is 2.16. The van der Waals surface area contributed by atoms with Crippen LogP contribution in [0.1, 0.15) is 34.0 Å². The van der Waals surface area contributed by atoms with Gasteiger partial charge in [-0.3, -0.25) is 14.9 Å². The van der Waals surface area contributed by atoms with E-state index in [9.17, 15) is 20.0 Å². The minimum Gasteiger partial charge on any atom is -0.368 e. The highest BCUT2D eigenvalue weighted by Crippen LogP contribution is 2.37. The number of aliphatic hydroxyl groups is 1. The molecule has 4 aromatic carbocycles. The molecule has 9 nitrogen and oxygen atoms in total. The van der Waals surface area contributed by atoms with Crippen LogP contribution in [0.2, 0.25) is 0 Å². The Morgan fingerprint density at radius 2 is 1.19 bits per heavy atom. The molecule has 43 heavy (non-hydrogen) atoms. The van der Waals surface area contributed by atoms with E-state index in [4.69, 9.17) is 18.9 Å². The summed E-state index contributed by atoms with van der Waals surface area (Å²) >= 11 is 0. The fourth-order valence-corrected chi connectivity index (χ4v) is 5.12. The quantitative estimate of drug-likeness (QED) is 0.129. The second-order valence-corrected chi connectivity index (χ2v) is 10.4. The Hall–Kier alpha value is -4.25. The zero-order chi connectivity index (χ0) is 30.2. The molecule has 222 valence electrons. The van der Waals surface area contributed by atoms with Gasteiger partial charge < -0.3 is 24.1 Å². The first-order valence-electron chi connectivity index (χ1n) is 14.0. The van der Waals surface area contributed by atoms with Crippen molar-refractivity contribution >= 4 is 11.5 Å². The van der Waals surface area contributed by atoms with E-state index in [2.05, 4.69) is 0 Å². The molecule has 1 fully saturated rings. The van der Waals surface area contributed by atoms with Gasteiger partial charge in [0.1, 0.15) is 18.3 Å². The normalized spacial score (nSPS) is 23.5. The lowest BCUT2D eigenvalue weighted by Crippen LogP contribution is -2.68. The Morgan fingerprint density at radius 3 is 1.65 bits per heavy atom. The molecule has 0 amide bonds. The smallest absolute Gasteiger partial charge is 0.269 e. The summed E-state index contributed by atoms with van der Waals surface area (Å²) in [6.07, 6.45) is -3.79. The molecule has 1 heterocycles. The molecule has 0 spiro atoms. The van der Waals surface area contributed by atoms with Crippen molar-refractivity contribution in [2.24, 2.45) is 0 Å². The summed E-state index contributed by atoms with van der Waals surface area (Å²) < 4.78 is 25.2. The fourth-order valence-electron chi connectivity index (χ4n) is 5.12. The lowest BCUT2D eigenvalue weighted by Gasteiger charge is -2.48. The molecule has 1 aliphatic heterocycles. The van der Waals surface area contributed by atoms with Crippen molar-refractivity contribution < 1.29 is 33.8 Å². The predicted octanol–water partition coefficient (Wildman–Crippen LogP) is 5.64. The first-order chi connectivity index (χ1) is 20.8. The number of benzene rings is 4. The van der Waals surface area contributed by atoms with Gasteiger partial charge in [-0.15, -0.1) is 0 Å². The van der Waals surface area contributed by atoms with E-state index in [1.54, 1.807) is 6.92 Å². The van der Waals surface area contributed by atoms with E-state index >= 15 is 0 Å². The number of hydrogen-bond acceptors (Lipinski definition) is 8. The molecule has 5 atom stereocenters. The van der Waals surface area contributed by atoms with E-state index in [0.29, 0.717) is 0 Å². The molecule has 4 aromatic rings. The second-order valence-electron chi connectivity index (χ2n) is 10.4. The molecule has 1 N–H and O–H groups in total. The van der Waals surface area contributed by atoms with Gasteiger partial charge in [0.25, 0.3) is 11.5 Å². The molecule has 0 radical (unpaired) electrons. The van der Waals surface area contributed by atoms with Crippen LogP contribution in [0.5, 0.6) is 0 Å². The number of hydrogen-bond donors (Lipinski definition) is 1. The molecular formula is C34H33NO8. The van der Waals surface area contributed by atoms with Crippen molar-refractivity contribution in [2.75, 3.05) is 0 Å². The maximum absolute atomic E-state index is 14.0.